The van der Waals surface area contributed by atoms with Gasteiger partial charge in [-0.25, -0.2) is 8.78 Å². The highest BCUT2D eigenvalue weighted by Gasteiger charge is 2.49. The average Bonchev–Trinajstić information content (AvgIpc) is 1.95. The Balaban J connectivity index is 2.45. The molecule has 0 saturated carbocycles. The molecule has 0 aromatic heterocycles. The van der Waals surface area contributed by atoms with E-state index < -0.39 is 24.3 Å². The van der Waals surface area contributed by atoms with Crippen LogP contribution in [0.5, 0.6) is 0 Å². The summed E-state index contributed by atoms with van der Waals surface area (Å²) in [6, 6.07) is -0.461. The van der Waals surface area contributed by atoms with E-state index in [9.17, 15) is 22.4 Å². The van der Waals surface area contributed by atoms with Gasteiger partial charge in [-0.1, -0.05) is 0 Å². The van der Waals surface area contributed by atoms with Crippen LogP contribution >= 0.6 is 0 Å². The maximum Gasteiger partial charge on any atom is 0.383 e. The van der Waals surface area contributed by atoms with Gasteiger partial charge in [-0.05, 0) is 0 Å². The molecule has 0 aromatic carbocycles. The second kappa shape index (κ2) is 3.49. The lowest BCUT2D eigenvalue weighted by atomic mass is 10.1. The molecular formula is C6H8F4N2O. The Kier molecular flexibility index (Phi) is 2.74. The molecule has 3 nitrogen and oxygen atoms in total. The fourth-order valence-corrected chi connectivity index (χ4v) is 0.771. The summed E-state index contributed by atoms with van der Waals surface area (Å²) in [5.74, 6) is -6.50. The SMILES string of the molecule is O=C(NC1CNC1)C(F)(F)C(F)F. The number of hydrogen-bond acceptors (Lipinski definition) is 2. The molecule has 0 unspecified atom stereocenters. The van der Waals surface area contributed by atoms with Crippen molar-refractivity contribution in [3.05, 3.63) is 0 Å². The average molecular weight is 200 g/mol. The van der Waals surface area contributed by atoms with Gasteiger partial charge >= 0.3 is 12.3 Å². The Morgan fingerprint density at radius 2 is 2.00 bits per heavy atom. The predicted molar refractivity (Wildman–Crippen MR) is 35.8 cm³/mol. The number of carbonyl (C=O) groups excluding carboxylic acids is 1. The van der Waals surface area contributed by atoms with Crippen molar-refractivity contribution < 1.29 is 22.4 Å². The molecule has 76 valence electrons. The number of rotatable bonds is 3. The molecule has 0 bridgehead atoms. The summed E-state index contributed by atoms with van der Waals surface area (Å²) in [5, 5.41) is 4.51. The highest BCUT2D eigenvalue weighted by atomic mass is 19.3. The second-order valence-corrected chi connectivity index (χ2v) is 2.75. The standard InChI is InChI=1S/C6H8F4N2O/c7-4(8)6(9,10)5(13)12-3-1-11-2-3/h3-4,11H,1-2H2,(H,12,13). The third kappa shape index (κ3) is 2.09. The number of hydrogen-bond donors (Lipinski definition) is 2. The quantitative estimate of drug-likeness (QED) is 0.628. The Bertz CT molecular complexity index is 205. The Hall–Kier alpha value is -0.850. The molecule has 1 heterocycles. The second-order valence-electron chi connectivity index (χ2n) is 2.75. The van der Waals surface area contributed by atoms with Crippen molar-refractivity contribution in [2.45, 2.75) is 18.4 Å². The van der Waals surface area contributed by atoms with Gasteiger partial charge < -0.3 is 10.6 Å². The van der Waals surface area contributed by atoms with Gasteiger partial charge in [0.1, 0.15) is 0 Å². The van der Waals surface area contributed by atoms with E-state index in [0.29, 0.717) is 13.1 Å². The van der Waals surface area contributed by atoms with E-state index >= 15 is 0 Å². The summed E-state index contributed by atoms with van der Waals surface area (Å²) in [7, 11) is 0. The van der Waals surface area contributed by atoms with E-state index in [0.717, 1.165) is 0 Å². The van der Waals surface area contributed by atoms with Crippen molar-refractivity contribution in [1.82, 2.24) is 10.6 Å². The number of carbonyl (C=O) groups is 1. The smallest absolute Gasteiger partial charge is 0.345 e. The summed E-state index contributed by atoms with van der Waals surface area (Å²) < 4.78 is 47.8. The minimum Gasteiger partial charge on any atom is -0.345 e. The normalized spacial score (nSPS) is 18.5. The lowest BCUT2D eigenvalue weighted by Gasteiger charge is -2.29. The van der Waals surface area contributed by atoms with Gasteiger partial charge in [0.2, 0.25) is 0 Å². The molecule has 1 fully saturated rings. The minimum absolute atomic E-state index is 0.338. The lowest BCUT2D eigenvalue weighted by molar-refractivity contribution is -0.170. The van der Waals surface area contributed by atoms with Crippen LogP contribution in [0, 0.1) is 0 Å². The van der Waals surface area contributed by atoms with Crippen LogP contribution in [0.2, 0.25) is 0 Å². The first kappa shape index (κ1) is 10.2. The fourth-order valence-electron chi connectivity index (χ4n) is 0.771. The van der Waals surface area contributed by atoms with Crippen molar-refractivity contribution in [3.8, 4) is 0 Å². The van der Waals surface area contributed by atoms with Crippen LogP contribution in [0.25, 0.3) is 0 Å². The lowest BCUT2D eigenvalue weighted by Crippen LogP contribution is -2.60. The van der Waals surface area contributed by atoms with Gasteiger partial charge in [0, 0.05) is 13.1 Å². The zero-order valence-corrected chi connectivity index (χ0v) is 6.49. The van der Waals surface area contributed by atoms with Gasteiger partial charge in [0.05, 0.1) is 6.04 Å². The molecule has 1 aliphatic heterocycles. The third-order valence-corrected chi connectivity index (χ3v) is 1.69. The van der Waals surface area contributed by atoms with E-state index in [4.69, 9.17) is 0 Å². The number of nitrogens with one attached hydrogen (secondary N) is 2. The van der Waals surface area contributed by atoms with Crippen molar-refractivity contribution in [2.24, 2.45) is 0 Å². The molecule has 0 radical (unpaired) electrons. The summed E-state index contributed by atoms with van der Waals surface area (Å²) in [5.41, 5.74) is 0. The van der Waals surface area contributed by atoms with Gasteiger partial charge in [-0.3, -0.25) is 4.79 Å². The van der Waals surface area contributed by atoms with Gasteiger partial charge in [0.25, 0.3) is 5.91 Å². The molecule has 13 heavy (non-hydrogen) atoms. The van der Waals surface area contributed by atoms with Crippen LogP contribution in [-0.2, 0) is 4.79 Å². The monoisotopic (exact) mass is 200 g/mol. The molecular weight excluding hydrogens is 192 g/mol. The predicted octanol–water partition coefficient (Wildman–Crippen LogP) is -0.0252. The van der Waals surface area contributed by atoms with Crippen LogP contribution in [0.4, 0.5) is 17.6 Å². The van der Waals surface area contributed by atoms with Crippen LogP contribution in [0.3, 0.4) is 0 Å². The van der Waals surface area contributed by atoms with Crippen LogP contribution in [-0.4, -0.2) is 37.4 Å². The van der Waals surface area contributed by atoms with Crippen LogP contribution in [0.15, 0.2) is 0 Å². The Morgan fingerprint density at radius 3 is 2.31 bits per heavy atom. The molecule has 7 heteroatoms. The van der Waals surface area contributed by atoms with Crippen LogP contribution in [0.1, 0.15) is 0 Å². The molecule has 1 rings (SSSR count). The van der Waals surface area contributed by atoms with Crippen LogP contribution < -0.4 is 10.6 Å². The van der Waals surface area contributed by atoms with E-state index in [1.165, 1.54) is 0 Å². The summed E-state index contributed by atoms with van der Waals surface area (Å²) >= 11 is 0. The summed E-state index contributed by atoms with van der Waals surface area (Å²) in [6.07, 6.45) is -3.96. The van der Waals surface area contributed by atoms with Crippen molar-refractivity contribution in [3.63, 3.8) is 0 Å². The van der Waals surface area contributed by atoms with Gasteiger partial charge in [-0.2, -0.15) is 8.78 Å². The first-order chi connectivity index (χ1) is 5.94. The van der Waals surface area contributed by atoms with Gasteiger partial charge in [0.15, 0.2) is 0 Å². The van der Waals surface area contributed by atoms with Crippen molar-refractivity contribution in [2.75, 3.05) is 13.1 Å². The maximum absolute atomic E-state index is 12.3. The maximum atomic E-state index is 12.3. The molecule has 1 saturated heterocycles. The number of amides is 1. The Labute approximate surface area is 71.5 Å². The molecule has 1 aliphatic rings. The third-order valence-electron chi connectivity index (χ3n) is 1.69. The van der Waals surface area contributed by atoms with E-state index in [1.807, 2.05) is 0 Å². The molecule has 0 atom stereocenters. The zero-order chi connectivity index (χ0) is 10.1. The van der Waals surface area contributed by atoms with Crippen molar-refractivity contribution in [1.29, 1.82) is 0 Å². The molecule has 0 aliphatic carbocycles. The first-order valence-corrected chi connectivity index (χ1v) is 3.62. The van der Waals surface area contributed by atoms with E-state index in [2.05, 4.69) is 5.32 Å². The van der Waals surface area contributed by atoms with Gasteiger partial charge in [-0.15, -0.1) is 0 Å². The summed E-state index contributed by atoms with van der Waals surface area (Å²) in [4.78, 5) is 10.5. The fraction of sp³-hybridized carbons (Fsp3) is 0.833. The molecule has 0 spiro atoms. The molecule has 0 aromatic rings. The topological polar surface area (TPSA) is 41.1 Å². The zero-order valence-electron chi connectivity index (χ0n) is 6.49. The molecule has 2 N–H and O–H groups in total. The number of alkyl halides is 4. The molecule has 1 amide bonds. The van der Waals surface area contributed by atoms with E-state index in [-0.39, 0.29) is 0 Å². The Morgan fingerprint density at radius 1 is 1.46 bits per heavy atom. The number of halogens is 4. The largest absolute Gasteiger partial charge is 0.383 e. The highest BCUT2D eigenvalue weighted by Crippen LogP contribution is 2.22. The van der Waals surface area contributed by atoms with Crippen molar-refractivity contribution >= 4 is 5.91 Å². The summed E-state index contributed by atoms with van der Waals surface area (Å²) in [6.45, 7) is 0.677. The van der Waals surface area contributed by atoms with E-state index in [1.54, 1.807) is 5.32 Å². The first-order valence-electron chi connectivity index (χ1n) is 3.62. The minimum atomic E-state index is -4.59. The highest BCUT2D eigenvalue weighted by molar-refractivity contribution is 5.84.